The minimum Gasteiger partial charge on any atom is -0.550 e. The quantitative estimate of drug-likeness (QED) is 0.852. The lowest BCUT2D eigenvalue weighted by atomic mass is 10.0. The first-order valence-electron chi connectivity index (χ1n) is 6.28. The second-order valence-electron chi connectivity index (χ2n) is 4.35. The molecule has 1 amide bonds. The number of nitrogens with one attached hydrogen (secondary N) is 1. The van der Waals surface area contributed by atoms with Gasteiger partial charge in [-0.25, -0.2) is 0 Å². The molecular weight excluding hydrogens is 274 g/mol. The highest BCUT2D eigenvalue weighted by Crippen LogP contribution is 2.20. The van der Waals surface area contributed by atoms with Crippen molar-refractivity contribution in [1.82, 2.24) is 5.32 Å². The van der Waals surface area contributed by atoms with Gasteiger partial charge < -0.3 is 24.4 Å². The van der Waals surface area contributed by atoms with Crippen LogP contribution in [-0.4, -0.2) is 19.0 Å². The molecule has 1 heterocycles. The van der Waals surface area contributed by atoms with Gasteiger partial charge in [0, 0.05) is 12.4 Å². The Kier molecular flexibility index (Phi) is 4.61. The Morgan fingerprint density at radius 1 is 1.29 bits per heavy atom. The average Bonchev–Trinajstić information content (AvgIpc) is 3.00. The van der Waals surface area contributed by atoms with Crippen molar-refractivity contribution in [1.29, 1.82) is 0 Å². The van der Waals surface area contributed by atoms with E-state index < -0.39 is 17.9 Å². The predicted molar refractivity (Wildman–Crippen MR) is 71.5 cm³/mol. The first-order valence-corrected chi connectivity index (χ1v) is 6.28. The molecule has 21 heavy (non-hydrogen) atoms. The monoisotopic (exact) mass is 288 g/mol. The fourth-order valence-corrected chi connectivity index (χ4v) is 1.89. The van der Waals surface area contributed by atoms with Gasteiger partial charge in [0.1, 0.15) is 5.75 Å². The Morgan fingerprint density at radius 2 is 2.00 bits per heavy atom. The van der Waals surface area contributed by atoms with Crippen molar-refractivity contribution in [3.8, 4) is 5.75 Å². The van der Waals surface area contributed by atoms with Crippen LogP contribution in [-0.2, 0) is 4.79 Å². The number of furan rings is 1. The molecule has 6 nitrogen and oxygen atoms in total. The third kappa shape index (κ3) is 3.85. The number of rotatable bonds is 6. The molecule has 0 bridgehead atoms. The van der Waals surface area contributed by atoms with Crippen LogP contribution in [0.2, 0.25) is 0 Å². The molecule has 0 saturated carbocycles. The van der Waals surface area contributed by atoms with E-state index in [1.807, 2.05) is 0 Å². The summed E-state index contributed by atoms with van der Waals surface area (Å²) < 4.78 is 10.0. The second-order valence-corrected chi connectivity index (χ2v) is 4.35. The van der Waals surface area contributed by atoms with E-state index in [-0.39, 0.29) is 12.2 Å². The van der Waals surface area contributed by atoms with E-state index in [1.165, 1.54) is 19.4 Å². The molecule has 110 valence electrons. The molecule has 2 rings (SSSR count). The SMILES string of the molecule is COc1ccc(C(CC(=O)[O-])NC(=O)c2ccco2)cc1. The van der Waals surface area contributed by atoms with Crippen LogP contribution in [0.3, 0.4) is 0 Å². The van der Waals surface area contributed by atoms with E-state index in [1.54, 1.807) is 30.3 Å². The molecule has 0 radical (unpaired) electrons. The van der Waals surface area contributed by atoms with Crippen LogP contribution in [0.25, 0.3) is 0 Å². The highest BCUT2D eigenvalue weighted by atomic mass is 16.5. The van der Waals surface area contributed by atoms with Gasteiger partial charge in [-0.15, -0.1) is 0 Å². The van der Waals surface area contributed by atoms with E-state index in [4.69, 9.17) is 9.15 Å². The zero-order chi connectivity index (χ0) is 15.2. The van der Waals surface area contributed by atoms with Gasteiger partial charge in [0.05, 0.1) is 19.4 Å². The minimum atomic E-state index is -1.25. The summed E-state index contributed by atoms with van der Waals surface area (Å²) in [5.74, 6) is -0.979. The van der Waals surface area contributed by atoms with Crippen LogP contribution in [0.1, 0.15) is 28.6 Å². The first-order chi connectivity index (χ1) is 10.1. The molecule has 2 aromatic rings. The van der Waals surface area contributed by atoms with Crippen molar-refractivity contribution >= 4 is 11.9 Å². The number of hydrogen-bond donors (Lipinski definition) is 1. The molecule has 1 aromatic heterocycles. The summed E-state index contributed by atoms with van der Waals surface area (Å²) in [6.07, 6.45) is 1.04. The summed E-state index contributed by atoms with van der Waals surface area (Å²) in [5, 5.41) is 13.5. The highest BCUT2D eigenvalue weighted by Gasteiger charge is 2.17. The summed E-state index contributed by atoms with van der Waals surface area (Å²) in [5.41, 5.74) is 0.639. The Labute approximate surface area is 121 Å². The Bertz CT molecular complexity index is 604. The van der Waals surface area contributed by atoms with Gasteiger partial charge in [0.2, 0.25) is 0 Å². The predicted octanol–water partition coefficient (Wildman–Crippen LogP) is 0.899. The van der Waals surface area contributed by atoms with E-state index in [2.05, 4.69) is 5.32 Å². The van der Waals surface area contributed by atoms with Crippen LogP contribution in [0.5, 0.6) is 5.75 Å². The summed E-state index contributed by atoms with van der Waals surface area (Å²) in [7, 11) is 1.53. The van der Waals surface area contributed by atoms with Gasteiger partial charge in [-0.1, -0.05) is 12.1 Å². The zero-order valence-corrected chi connectivity index (χ0v) is 11.4. The summed E-state index contributed by atoms with van der Waals surface area (Å²) in [4.78, 5) is 22.8. The maximum atomic E-state index is 12.0. The Balaban J connectivity index is 2.17. The molecule has 0 spiro atoms. The summed E-state index contributed by atoms with van der Waals surface area (Å²) in [6.45, 7) is 0. The number of carboxylic acids is 1. The molecule has 0 saturated heterocycles. The number of ether oxygens (including phenoxy) is 1. The molecule has 1 atom stereocenters. The highest BCUT2D eigenvalue weighted by molar-refractivity contribution is 5.91. The first kappa shape index (κ1) is 14.6. The molecule has 0 aliphatic rings. The fourth-order valence-electron chi connectivity index (χ4n) is 1.89. The third-order valence-corrected chi connectivity index (χ3v) is 2.94. The van der Waals surface area contributed by atoms with Crippen LogP contribution in [0, 0.1) is 0 Å². The number of benzene rings is 1. The van der Waals surface area contributed by atoms with E-state index in [9.17, 15) is 14.7 Å². The average molecular weight is 288 g/mol. The topological polar surface area (TPSA) is 91.6 Å². The standard InChI is InChI=1S/C15H15NO5/c1-20-11-6-4-10(5-7-11)12(9-14(17)18)16-15(19)13-3-2-8-21-13/h2-8,12H,9H2,1H3,(H,16,19)(H,17,18)/p-1. The second kappa shape index (κ2) is 6.60. The van der Waals surface area contributed by atoms with Crippen molar-refractivity contribution in [2.24, 2.45) is 0 Å². The fraction of sp³-hybridized carbons (Fsp3) is 0.200. The lowest BCUT2D eigenvalue weighted by Crippen LogP contribution is -2.34. The lowest BCUT2D eigenvalue weighted by molar-refractivity contribution is -0.306. The van der Waals surface area contributed by atoms with Crippen LogP contribution < -0.4 is 15.2 Å². The summed E-state index contributed by atoms with van der Waals surface area (Å²) in [6, 6.07) is 9.13. The number of methoxy groups -OCH3 is 1. The number of carboxylic acid groups (broad SMARTS) is 1. The van der Waals surface area contributed by atoms with Gasteiger partial charge in [-0.3, -0.25) is 4.79 Å². The van der Waals surface area contributed by atoms with Gasteiger partial charge in [0.25, 0.3) is 5.91 Å². The zero-order valence-electron chi connectivity index (χ0n) is 11.4. The summed E-state index contributed by atoms with van der Waals surface area (Å²) >= 11 is 0. The largest absolute Gasteiger partial charge is 0.550 e. The van der Waals surface area contributed by atoms with E-state index in [0.29, 0.717) is 11.3 Å². The molecular formula is C15H14NO5-. The molecule has 0 aliphatic carbocycles. The number of aliphatic carboxylic acids is 1. The van der Waals surface area contributed by atoms with Crippen LogP contribution >= 0.6 is 0 Å². The number of hydrogen-bond acceptors (Lipinski definition) is 5. The van der Waals surface area contributed by atoms with Gasteiger partial charge in [-0.05, 0) is 29.8 Å². The Hall–Kier alpha value is -2.76. The van der Waals surface area contributed by atoms with Crippen molar-refractivity contribution in [2.75, 3.05) is 7.11 Å². The molecule has 6 heteroatoms. The number of carbonyl (C=O) groups is 2. The van der Waals surface area contributed by atoms with Gasteiger partial charge in [0.15, 0.2) is 5.76 Å². The van der Waals surface area contributed by atoms with Crippen molar-refractivity contribution < 1.29 is 23.8 Å². The van der Waals surface area contributed by atoms with Crippen molar-refractivity contribution in [3.63, 3.8) is 0 Å². The molecule has 0 aliphatic heterocycles. The van der Waals surface area contributed by atoms with Gasteiger partial charge in [-0.2, -0.15) is 0 Å². The van der Waals surface area contributed by atoms with E-state index in [0.717, 1.165) is 0 Å². The lowest BCUT2D eigenvalue weighted by Gasteiger charge is -2.19. The minimum absolute atomic E-state index is 0.117. The molecule has 1 aromatic carbocycles. The molecule has 0 fully saturated rings. The third-order valence-electron chi connectivity index (χ3n) is 2.94. The van der Waals surface area contributed by atoms with Gasteiger partial charge >= 0.3 is 0 Å². The maximum Gasteiger partial charge on any atom is 0.287 e. The molecule has 1 unspecified atom stereocenters. The maximum absolute atomic E-state index is 12.0. The van der Waals surface area contributed by atoms with Crippen molar-refractivity contribution in [2.45, 2.75) is 12.5 Å². The number of amides is 1. The smallest absolute Gasteiger partial charge is 0.287 e. The van der Waals surface area contributed by atoms with Crippen LogP contribution in [0.15, 0.2) is 47.1 Å². The normalized spacial score (nSPS) is 11.7. The Morgan fingerprint density at radius 3 is 2.52 bits per heavy atom. The van der Waals surface area contributed by atoms with Crippen molar-refractivity contribution in [3.05, 3.63) is 54.0 Å². The number of carbonyl (C=O) groups excluding carboxylic acids is 2. The van der Waals surface area contributed by atoms with E-state index >= 15 is 0 Å². The van der Waals surface area contributed by atoms with Crippen LogP contribution in [0.4, 0.5) is 0 Å². The molecule has 1 N–H and O–H groups in total.